The van der Waals surface area contributed by atoms with Crippen LogP contribution in [0.5, 0.6) is 17.2 Å². The zero-order valence-corrected chi connectivity index (χ0v) is 21.0. The first-order chi connectivity index (χ1) is 17.0. The second kappa shape index (κ2) is 12.6. The molecule has 1 heterocycles. The minimum absolute atomic E-state index is 0.116. The third-order valence-corrected chi connectivity index (χ3v) is 5.94. The summed E-state index contributed by atoms with van der Waals surface area (Å²) in [4.78, 5) is 27.0. The van der Waals surface area contributed by atoms with Crippen molar-refractivity contribution in [2.75, 3.05) is 45.1 Å². The number of carbonyl (C=O) groups excluding carboxylic acids is 2. The summed E-state index contributed by atoms with van der Waals surface area (Å²) in [6.07, 6.45) is 0.862. The van der Waals surface area contributed by atoms with Crippen molar-refractivity contribution in [3.05, 3.63) is 42.5 Å². The molecule has 35 heavy (non-hydrogen) atoms. The predicted molar refractivity (Wildman–Crippen MR) is 136 cm³/mol. The highest BCUT2D eigenvalue weighted by Gasteiger charge is 2.17. The molecular formula is C24H29N5O5S. The average Bonchev–Trinajstić information content (AvgIpc) is 3.35. The van der Waals surface area contributed by atoms with Gasteiger partial charge in [-0.05, 0) is 42.8 Å². The summed E-state index contributed by atoms with van der Waals surface area (Å²) in [7, 11) is 4.68. The Bertz CT molecular complexity index is 1140. The number of hydrogen-bond acceptors (Lipinski definition) is 8. The van der Waals surface area contributed by atoms with Crippen molar-refractivity contribution in [1.82, 2.24) is 15.1 Å². The maximum absolute atomic E-state index is 12.9. The van der Waals surface area contributed by atoms with Crippen molar-refractivity contribution in [2.24, 2.45) is 0 Å². The van der Waals surface area contributed by atoms with E-state index in [2.05, 4.69) is 20.8 Å². The fourth-order valence-electron chi connectivity index (χ4n) is 3.22. The summed E-state index contributed by atoms with van der Waals surface area (Å²) in [6, 6.07) is 12.2. The van der Waals surface area contributed by atoms with Gasteiger partial charge in [0.25, 0.3) is 0 Å². The molecule has 0 spiro atoms. The van der Waals surface area contributed by atoms with Crippen LogP contribution in [0.1, 0.15) is 19.8 Å². The molecule has 3 amide bonds. The molecule has 0 aliphatic rings. The average molecular weight is 500 g/mol. The standard InChI is InChI=1S/C24H29N5O5S/c1-5-13-29(24(31)25-19-11-10-18(33-3)15-20(19)34-4)14-12-21(30)26-23-28-27-22(35-23)16-6-8-17(32-2)9-7-16/h6-11,15H,5,12-14H2,1-4H3,(H,25,31)(H,26,28,30). The number of carbonyl (C=O) groups is 2. The second-order valence-electron chi connectivity index (χ2n) is 7.42. The van der Waals surface area contributed by atoms with Gasteiger partial charge < -0.3 is 29.7 Å². The van der Waals surface area contributed by atoms with Crippen LogP contribution in [0.25, 0.3) is 10.6 Å². The summed E-state index contributed by atoms with van der Waals surface area (Å²) in [5, 5.41) is 14.9. The maximum Gasteiger partial charge on any atom is 0.321 e. The lowest BCUT2D eigenvalue weighted by atomic mass is 10.2. The van der Waals surface area contributed by atoms with Crippen LogP contribution in [0.3, 0.4) is 0 Å². The van der Waals surface area contributed by atoms with E-state index in [1.807, 2.05) is 31.2 Å². The first kappa shape index (κ1) is 25.8. The van der Waals surface area contributed by atoms with Gasteiger partial charge in [-0.3, -0.25) is 4.79 Å². The van der Waals surface area contributed by atoms with Crippen LogP contribution in [0.15, 0.2) is 42.5 Å². The number of benzene rings is 2. The smallest absolute Gasteiger partial charge is 0.321 e. The van der Waals surface area contributed by atoms with E-state index < -0.39 is 0 Å². The van der Waals surface area contributed by atoms with E-state index in [9.17, 15) is 9.59 Å². The Labute approximate surface area is 208 Å². The molecule has 3 rings (SSSR count). The molecule has 0 radical (unpaired) electrons. The SMILES string of the molecule is CCCN(CCC(=O)Nc1nnc(-c2ccc(OC)cc2)s1)C(=O)Nc1ccc(OC)cc1OC. The van der Waals surface area contributed by atoms with Gasteiger partial charge in [0.2, 0.25) is 11.0 Å². The van der Waals surface area contributed by atoms with Gasteiger partial charge >= 0.3 is 6.03 Å². The second-order valence-corrected chi connectivity index (χ2v) is 8.40. The van der Waals surface area contributed by atoms with Gasteiger partial charge in [-0.15, -0.1) is 10.2 Å². The van der Waals surface area contributed by atoms with Crippen molar-refractivity contribution < 1.29 is 23.8 Å². The predicted octanol–water partition coefficient (Wildman–Crippen LogP) is 4.50. The van der Waals surface area contributed by atoms with E-state index in [1.165, 1.54) is 18.4 Å². The quantitative estimate of drug-likeness (QED) is 0.399. The van der Waals surface area contributed by atoms with Gasteiger partial charge in [-0.25, -0.2) is 4.79 Å². The summed E-state index contributed by atoms with van der Waals surface area (Å²) < 4.78 is 15.7. The molecule has 2 N–H and O–H groups in total. The van der Waals surface area contributed by atoms with E-state index in [-0.39, 0.29) is 24.9 Å². The number of hydrogen-bond donors (Lipinski definition) is 2. The first-order valence-electron chi connectivity index (χ1n) is 11.0. The molecule has 0 unspecified atom stereocenters. The van der Waals surface area contributed by atoms with Crippen molar-refractivity contribution in [1.29, 1.82) is 0 Å². The highest BCUT2D eigenvalue weighted by atomic mass is 32.1. The molecule has 0 fully saturated rings. The summed E-state index contributed by atoms with van der Waals surface area (Å²) in [5.74, 6) is 1.60. The Morgan fingerprint density at radius 1 is 0.914 bits per heavy atom. The minimum Gasteiger partial charge on any atom is -0.497 e. The molecular weight excluding hydrogens is 470 g/mol. The number of amides is 3. The van der Waals surface area contributed by atoms with Gasteiger partial charge in [0.15, 0.2) is 0 Å². The zero-order valence-electron chi connectivity index (χ0n) is 20.2. The highest BCUT2D eigenvalue weighted by molar-refractivity contribution is 7.18. The molecule has 0 bridgehead atoms. The topological polar surface area (TPSA) is 115 Å². The number of methoxy groups -OCH3 is 3. The number of aromatic nitrogens is 2. The molecule has 1 aromatic heterocycles. The van der Waals surface area contributed by atoms with E-state index >= 15 is 0 Å². The van der Waals surface area contributed by atoms with Crippen molar-refractivity contribution in [3.63, 3.8) is 0 Å². The Balaban J connectivity index is 1.57. The molecule has 0 aliphatic carbocycles. The molecule has 186 valence electrons. The number of nitrogens with one attached hydrogen (secondary N) is 2. The third-order valence-electron chi connectivity index (χ3n) is 5.05. The highest BCUT2D eigenvalue weighted by Crippen LogP contribution is 2.30. The molecule has 0 saturated heterocycles. The van der Waals surface area contributed by atoms with E-state index in [0.717, 1.165) is 17.7 Å². The van der Waals surface area contributed by atoms with Crippen LogP contribution in [0, 0.1) is 0 Å². The largest absolute Gasteiger partial charge is 0.497 e. The fourth-order valence-corrected chi connectivity index (χ4v) is 3.99. The van der Waals surface area contributed by atoms with Gasteiger partial charge in [-0.1, -0.05) is 18.3 Å². The van der Waals surface area contributed by atoms with Crippen molar-refractivity contribution in [2.45, 2.75) is 19.8 Å². The van der Waals surface area contributed by atoms with E-state index in [4.69, 9.17) is 14.2 Å². The number of rotatable bonds is 11. The zero-order chi connectivity index (χ0) is 25.2. The molecule has 2 aromatic carbocycles. The summed E-state index contributed by atoms with van der Waals surface area (Å²) in [6.45, 7) is 2.71. The van der Waals surface area contributed by atoms with Crippen LogP contribution in [0.2, 0.25) is 0 Å². The van der Waals surface area contributed by atoms with Crippen LogP contribution in [-0.4, -0.2) is 61.5 Å². The lowest BCUT2D eigenvalue weighted by Gasteiger charge is -2.23. The Morgan fingerprint density at radius 2 is 1.63 bits per heavy atom. The summed E-state index contributed by atoms with van der Waals surface area (Å²) >= 11 is 1.28. The van der Waals surface area contributed by atoms with Crippen molar-refractivity contribution in [3.8, 4) is 27.8 Å². The lowest BCUT2D eigenvalue weighted by Crippen LogP contribution is -2.37. The van der Waals surface area contributed by atoms with Gasteiger partial charge in [-0.2, -0.15) is 0 Å². The Morgan fingerprint density at radius 3 is 2.29 bits per heavy atom. The van der Waals surface area contributed by atoms with Gasteiger partial charge in [0.1, 0.15) is 22.3 Å². The van der Waals surface area contributed by atoms with E-state index in [1.54, 1.807) is 37.3 Å². The number of anilines is 2. The first-order valence-corrected chi connectivity index (χ1v) is 11.8. The normalized spacial score (nSPS) is 10.4. The molecule has 0 aliphatic heterocycles. The molecule has 10 nitrogen and oxygen atoms in total. The Hall–Kier alpha value is -3.86. The molecule has 11 heteroatoms. The minimum atomic E-state index is -0.319. The fraction of sp³-hybridized carbons (Fsp3) is 0.333. The van der Waals surface area contributed by atoms with Gasteiger partial charge in [0, 0.05) is 31.1 Å². The molecule has 0 saturated carbocycles. The van der Waals surface area contributed by atoms with E-state index in [0.29, 0.717) is 33.9 Å². The van der Waals surface area contributed by atoms with Gasteiger partial charge in [0.05, 0.1) is 27.0 Å². The molecule has 3 aromatic rings. The monoisotopic (exact) mass is 499 g/mol. The number of urea groups is 1. The lowest BCUT2D eigenvalue weighted by molar-refractivity contribution is -0.116. The van der Waals surface area contributed by atoms with Crippen LogP contribution in [-0.2, 0) is 4.79 Å². The number of nitrogens with zero attached hydrogens (tertiary/aromatic N) is 3. The Kier molecular flexibility index (Phi) is 9.24. The molecule has 0 atom stereocenters. The summed E-state index contributed by atoms with van der Waals surface area (Å²) in [5.41, 5.74) is 1.40. The number of ether oxygens (including phenoxy) is 3. The van der Waals surface area contributed by atoms with Crippen molar-refractivity contribution >= 4 is 34.1 Å². The van der Waals surface area contributed by atoms with Crippen LogP contribution >= 0.6 is 11.3 Å². The maximum atomic E-state index is 12.9. The van der Waals surface area contributed by atoms with Crippen LogP contribution < -0.4 is 24.8 Å². The van der Waals surface area contributed by atoms with Crippen LogP contribution in [0.4, 0.5) is 15.6 Å². The third kappa shape index (κ3) is 7.06.